The van der Waals surface area contributed by atoms with Gasteiger partial charge < -0.3 is 20.3 Å². The van der Waals surface area contributed by atoms with Gasteiger partial charge in [-0.1, -0.05) is 61.8 Å². The standard InChI is InChI=1S/C29H40ClN3O4S/c1-8-19(4)33(27(35)23(17-38)31-28(36)37-29(5,6)7)25(21-15-13-20(9-2)14-16-21)26(34)32-24-18(3)11-10-12-22(24)30/h10-16,19,23,25,38H,8-9,17H2,1-7H3,(H,31,36)(H,32,34). The van der Waals surface area contributed by atoms with Crippen LogP contribution in [0.25, 0.3) is 0 Å². The molecule has 0 heterocycles. The summed E-state index contributed by atoms with van der Waals surface area (Å²) in [4.78, 5) is 42.0. The largest absolute Gasteiger partial charge is 0.444 e. The van der Waals surface area contributed by atoms with Crippen molar-refractivity contribution in [1.29, 1.82) is 0 Å². The van der Waals surface area contributed by atoms with E-state index in [1.807, 2.05) is 64.1 Å². The molecule has 2 N–H and O–H groups in total. The van der Waals surface area contributed by atoms with Gasteiger partial charge >= 0.3 is 6.09 Å². The van der Waals surface area contributed by atoms with Crippen molar-refractivity contribution in [3.05, 3.63) is 64.2 Å². The van der Waals surface area contributed by atoms with Crippen LogP contribution in [0.1, 0.15) is 70.7 Å². The summed E-state index contributed by atoms with van der Waals surface area (Å²) in [6.45, 7) is 12.9. The maximum atomic E-state index is 14.0. The fourth-order valence-corrected chi connectivity index (χ4v) is 4.48. The van der Waals surface area contributed by atoms with Crippen LogP contribution in [0.4, 0.5) is 10.5 Å². The number of benzene rings is 2. The van der Waals surface area contributed by atoms with Gasteiger partial charge in [-0.2, -0.15) is 12.6 Å². The molecule has 208 valence electrons. The van der Waals surface area contributed by atoms with Crippen molar-refractivity contribution in [3.63, 3.8) is 0 Å². The molecule has 3 unspecified atom stereocenters. The number of nitrogens with one attached hydrogen (secondary N) is 2. The van der Waals surface area contributed by atoms with Gasteiger partial charge in [0, 0.05) is 11.8 Å². The Kier molecular flexibility index (Phi) is 11.5. The number of hydrogen-bond acceptors (Lipinski definition) is 5. The molecule has 0 aliphatic heterocycles. The zero-order valence-corrected chi connectivity index (χ0v) is 25.0. The first kappa shape index (κ1) is 31.5. The van der Waals surface area contributed by atoms with E-state index in [0.717, 1.165) is 17.5 Å². The van der Waals surface area contributed by atoms with Gasteiger partial charge in [-0.25, -0.2) is 4.79 Å². The number of amides is 3. The van der Waals surface area contributed by atoms with Gasteiger partial charge in [-0.05, 0) is 70.2 Å². The van der Waals surface area contributed by atoms with Crippen LogP contribution in [0, 0.1) is 6.92 Å². The summed E-state index contributed by atoms with van der Waals surface area (Å²) in [7, 11) is 0. The second-order valence-electron chi connectivity index (χ2n) is 10.3. The number of nitrogens with zero attached hydrogens (tertiary/aromatic N) is 1. The number of aryl methyl sites for hydroxylation is 2. The van der Waals surface area contributed by atoms with Crippen LogP contribution in [-0.4, -0.2) is 46.2 Å². The Hall–Kier alpha value is -2.71. The number of carbonyl (C=O) groups excluding carboxylic acids is 3. The smallest absolute Gasteiger partial charge is 0.408 e. The van der Waals surface area contributed by atoms with E-state index in [-0.39, 0.29) is 11.8 Å². The van der Waals surface area contributed by atoms with Crippen molar-refractivity contribution in [3.8, 4) is 0 Å². The molecule has 0 saturated heterocycles. The highest BCUT2D eigenvalue weighted by Crippen LogP contribution is 2.31. The van der Waals surface area contributed by atoms with E-state index in [1.165, 1.54) is 4.90 Å². The zero-order chi connectivity index (χ0) is 28.6. The number of carbonyl (C=O) groups is 3. The van der Waals surface area contributed by atoms with Crippen LogP contribution in [-0.2, 0) is 20.7 Å². The van der Waals surface area contributed by atoms with Crippen LogP contribution in [0.15, 0.2) is 42.5 Å². The van der Waals surface area contributed by atoms with Gasteiger partial charge in [0.1, 0.15) is 17.7 Å². The third-order valence-electron chi connectivity index (χ3n) is 6.19. The predicted molar refractivity (Wildman–Crippen MR) is 157 cm³/mol. The van der Waals surface area contributed by atoms with Crippen molar-refractivity contribution in [2.75, 3.05) is 11.1 Å². The predicted octanol–water partition coefficient (Wildman–Crippen LogP) is 6.34. The Balaban J connectivity index is 2.56. The number of alkyl carbamates (subject to hydrolysis) is 1. The molecule has 38 heavy (non-hydrogen) atoms. The molecule has 0 fully saturated rings. The lowest BCUT2D eigenvalue weighted by atomic mass is 9.98. The van der Waals surface area contributed by atoms with E-state index < -0.39 is 35.6 Å². The third-order valence-corrected chi connectivity index (χ3v) is 6.87. The first-order valence-electron chi connectivity index (χ1n) is 12.9. The lowest BCUT2D eigenvalue weighted by molar-refractivity contribution is -0.142. The molecule has 3 amide bonds. The topological polar surface area (TPSA) is 87.7 Å². The Morgan fingerprint density at radius 3 is 2.21 bits per heavy atom. The second kappa shape index (κ2) is 13.9. The normalized spacial score (nSPS) is 13.7. The van der Waals surface area contributed by atoms with Gasteiger partial charge in [0.15, 0.2) is 0 Å². The minimum absolute atomic E-state index is 0.0255. The number of para-hydroxylation sites is 1. The summed E-state index contributed by atoms with van der Waals surface area (Å²) in [6, 6.07) is 10.7. The van der Waals surface area contributed by atoms with E-state index in [2.05, 4.69) is 23.3 Å². The van der Waals surface area contributed by atoms with E-state index in [4.69, 9.17) is 16.3 Å². The van der Waals surface area contributed by atoms with Gasteiger partial charge in [-0.3, -0.25) is 9.59 Å². The number of rotatable bonds is 10. The lowest BCUT2D eigenvalue weighted by Crippen LogP contribution is -2.55. The summed E-state index contributed by atoms with van der Waals surface area (Å²) < 4.78 is 5.36. The van der Waals surface area contributed by atoms with Crippen LogP contribution in [0.3, 0.4) is 0 Å². The summed E-state index contributed by atoms with van der Waals surface area (Å²) >= 11 is 10.8. The van der Waals surface area contributed by atoms with Crippen molar-refractivity contribution < 1.29 is 19.1 Å². The first-order chi connectivity index (χ1) is 17.8. The minimum atomic E-state index is -1.01. The highest BCUT2D eigenvalue weighted by molar-refractivity contribution is 7.80. The van der Waals surface area contributed by atoms with E-state index in [9.17, 15) is 14.4 Å². The van der Waals surface area contributed by atoms with Gasteiger partial charge in [0.25, 0.3) is 5.91 Å². The number of hydrogen-bond donors (Lipinski definition) is 3. The maximum absolute atomic E-state index is 14.0. The molecule has 0 saturated carbocycles. The second-order valence-corrected chi connectivity index (χ2v) is 11.1. The summed E-state index contributed by atoms with van der Waals surface area (Å²) in [5, 5.41) is 5.99. The molecule has 9 heteroatoms. The van der Waals surface area contributed by atoms with E-state index >= 15 is 0 Å². The quantitative estimate of drug-likeness (QED) is 0.295. The van der Waals surface area contributed by atoms with Crippen LogP contribution in [0.5, 0.6) is 0 Å². The van der Waals surface area contributed by atoms with Crippen molar-refractivity contribution >= 4 is 47.8 Å². The molecule has 0 bridgehead atoms. The Morgan fingerprint density at radius 2 is 1.71 bits per heavy atom. The monoisotopic (exact) mass is 561 g/mol. The molecule has 0 radical (unpaired) electrons. The van der Waals surface area contributed by atoms with Gasteiger partial charge in [0.2, 0.25) is 5.91 Å². The lowest BCUT2D eigenvalue weighted by Gasteiger charge is -2.38. The number of halogens is 1. The Bertz CT molecular complexity index is 1100. The van der Waals surface area contributed by atoms with E-state index in [1.54, 1.807) is 26.8 Å². The SMILES string of the molecule is CCc1ccc(C(C(=O)Nc2c(C)cccc2Cl)N(C(=O)C(CS)NC(=O)OC(C)(C)C)C(C)CC)cc1. The average Bonchev–Trinajstić information content (AvgIpc) is 2.86. The molecule has 2 rings (SSSR count). The maximum Gasteiger partial charge on any atom is 0.408 e. The first-order valence-corrected chi connectivity index (χ1v) is 13.9. The van der Waals surface area contributed by atoms with Crippen molar-refractivity contribution in [2.45, 2.75) is 85.0 Å². The van der Waals surface area contributed by atoms with Crippen LogP contribution in [0.2, 0.25) is 5.02 Å². The van der Waals surface area contributed by atoms with Crippen LogP contribution < -0.4 is 10.6 Å². The fourth-order valence-electron chi connectivity index (χ4n) is 3.97. The molecule has 7 nitrogen and oxygen atoms in total. The zero-order valence-electron chi connectivity index (χ0n) is 23.3. The van der Waals surface area contributed by atoms with Crippen LogP contribution >= 0.6 is 24.2 Å². The van der Waals surface area contributed by atoms with Crippen molar-refractivity contribution in [2.24, 2.45) is 0 Å². The minimum Gasteiger partial charge on any atom is -0.444 e. The Morgan fingerprint density at radius 1 is 1.08 bits per heavy atom. The number of anilines is 1. The molecule has 3 atom stereocenters. The van der Waals surface area contributed by atoms with Gasteiger partial charge in [0.05, 0.1) is 10.7 Å². The molecule has 2 aromatic rings. The fraction of sp³-hybridized carbons (Fsp3) is 0.483. The molecule has 0 aliphatic carbocycles. The summed E-state index contributed by atoms with van der Waals surface area (Å²) in [5.41, 5.74) is 2.31. The summed E-state index contributed by atoms with van der Waals surface area (Å²) in [5.74, 6) is -0.817. The molecule has 0 spiro atoms. The molecule has 2 aromatic carbocycles. The number of thiol groups is 1. The van der Waals surface area contributed by atoms with E-state index in [0.29, 0.717) is 22.7 Å². The van der Waals surface area contributed by atoms with Crippen molar-refractivity contribution in [1.82, 2.24) is 10.2 Å². The van der Waals surface area contributed by atoms with Gasteiger partial charge in [-0.15, -0.1) is 0 Å². The highest BCUT2D eigenvalue weighted by atomic mass is 35.5. The molecular weight excluding hydrogens is 522 g/mol. The summed E-state index contributed by atoms with van der Waals surface area (Å²) in [6.07, 6.45) is 0.694. The highest BCUT2D eigenvalue weighted by Gasteiger charge is 2.38. The number of ether oxygens (including phenoxy) is 1. The molecule has 0 aromatic heterocycles. The molecular formula is C29H40ClN3O4S. The molecule has 0 aliphatic rings. The average molecular weight is 562 g/mol. The Labute approximate surface area is 237 Å². The third kappa shape index (κ3) is 8.40.